The first-order chi connectivity index (χ1) is 13.8. The van der Waals surface area contributed by atoms with Crippen molar-refractivity contribution in [3.8, 4) is 11.3 Å². The number of pyridine rings is 1. The van der Waals surface area contributed by atoms with E-state index < -0.39 is 0 Å². The number of para-hydroxylation sites is 1. The van der Waals surface area contributed by atoms with Crippen molar-refractivity contribution in [2.24, 2.45) is 0 Å². The van der Waals surface area contributed by atoms with Gasteiger partial charge in [0, 0.05) is 29.9 Å². The maximum absolute atomic E-state index is 5.03. The molecule has 2 aromatic heterocycles. The third kappa shape index (κ3) is 2.99. The summed E-state index contributed by atoms with van der Waals surface area (Å²) in [6.07, 6.45) is 1.85. The predicted octanol–water partition coefficient (Wildman–Crippen LogP) is 5.41. The minimum absolute atomic E-state index is 0.821. The molecule has 0 aliphatic heterocycles. The van der Waals surface area contributed by atoms with E-state index in [-0.39, 0.29) is 0 Å². The van der Waals surface area contributed by atoms with E-state index in [9.17, 15) is 0 Å². The van der Waals surface area contributed by atoms with Crippen molar-refractivity contribution < 1.29 is 0 Å². The minimum Gasteiger partial charge on any atom is -0.368 e. The van der Waals surface area contributed by atoms with Gasteiger partial charge in [-0.05, 0) is 29.8 Å². The summed E-state index contributed by atoms with van der Waals surface area (Å²) in [5, 5.41) is 9.39. The zero-order valence-corrected chi connectivity index (χ0v) is 15.6. The van der Waals surface area contributed by atoms with Crippen LogP contribution in [-0.2, 0) is 6.54 Å². The molecule has 2 heterocycles. The highest BCUT2D eigenvalue weighted by Gasteiger charge is 2.14. The van der Waals surface area contributed by atoms with Gasteiger partial charge < -0.3 is 4.90 Å². The lowest BCUT2D eigenvalue weighted by Gasteiger charge is -2.23. The van der Waals surface area contributed by atoms with Crippen molar-refractivity contribution in [1.29, 1.82) is 0 Å². The lowest BCUT2D eigenvalue weighted by molar-refractivity contribution is 0.922. The molecule has 0 spiro atoms. The molecule has 5 aromatic rings. The van der Waals surface area contributed by atoms with Crippen LogP contribution < -0.4 is 4.90 Å². The molecule has 0 saturated heterocycles. The Labute approximate surface area is 163 Å². The summed E-state index contributed by atoms with van der Waals surface area (Å²) < 4.78 is 0. The molecule has 0 aliphatic rings. The molecule has 1 N–H and O–H groups in total. The third-order valence-corrected chi connectivity index (χ3v) is 5.09. The second-order valence-corrected chi connectivity index (χ2v) is 7.06. The van der Waals surface area contributed by atoms with Crippen molar-refractivity contribution >= 4 is 27.5 Å². The quantitative estimate of drug-likeness (QED) is 0.463. The van der Waals surface area contributed by atoms with Gasteiger partial charge in [0.15, 0.2) is 0 Å². The zero-order chi connectivity index (χ0) is 18.9. The van der Waals surface area contributed by atoms with Gasteiger partial charge in [0.1, 0.15) is 0 Å². The number of benzene rings is 3. The van der Waals surface area contributed by atoms with Crippen LogP contribution in [-0.4, -0.2) is 22.2 Å². The Morgan fingerprint density at radius 1 is 0.857 bits per heavy atom. The topological polar surface area (TPSA) is 44.8 Å². The standard InChI is InChI=1S/C24H20N4/c1-28(16-17-7-3-2-4-8-17)23-14-18-9-5-6-10-21(18)26-24(23)19-11-12-22-20(13-19)15-25-27-22/h2-15H,16H2,1H3,(H,25,27). The first-order valence-corrected chi connectivity index (χ1v) is 9.36. The molecule has 28 heavy (non-hydrogen) atoms. The second-order valence-electron chi connectivity index (χ2n) is 7.06. The molecule has 4 nitrogen and oxygen atoms in total. The Morgan fingerprint density at radius 3 is 2.57 bits per heavy atom. The Bertz CT molecular complexity index is 1260. The number of fused-ring (bicyclic) bond motifs is 2. The van der Waals surface area contributed by atoms with Gasteiger partial charge in [-0.15, -0.1) is 0 Å². The fraction of sp³-hybridized carbons (Fsp3) is 0.0833. The van der Waals surface area contributed by atoms with Crippen LogP contribution in [0.4, 0.5) is 5.69 Å². The lowest BCUT2D eigenvalue weighted by Crippen LogP contribution is -2.17. The van der Waals surface area contributed by atoms with Crippen LogP contribution in [0.15, 0.2) is 85.1 Å². The molecule has 4 heteroatoms. The van der Waals surface area contributed by atoms with Crippen LogP contribution in [0.2, 0.25) is 0 Å². The van der Waals surface area contributed by atoms with E-state index in [0.717, 1.165) is 45.3 Å². The lowest BCUT2D eigenvalue weighted by atomic mass is 10.0. The predicted molar refractivity (Wildman–Crippen MR) is 115 cm³/mol. The number of aromatic nitrogens is 3. The number of hydrogen-bond acceptors (Lipinski definition) is 3. The van der Waals surface area contributed by atoms with Gasteiger partial charge >= 0.3 is 0 Å². The molecular formula is C24H20N4. The maximum Gasteiger partial charge on any atom is 0.0943 e. The summed E-state index contributed by atoms with van der Waals surface area (Å²) in [5.74, 6) is 0. The molecule has 0 unspecified atom stereocenters. The van der Waals surface area contributed by atoms with E-state index in [0.29, 0.717) is 0 Å². The summed E-state index contributed by atoms with van der Waals surface area (Å²) in [5.41, 5.74) is 6.50. The van der Waals surface area contributed by atoms with Crippen molar-refractivity contribution in [3.63, 3.8) is 0 Å². The maximum atomic E-state index is 5.03. The average molecular weight is 364 g/mol. The normalized spacial score (nSPS) is 11.2. The van der Waals surface area contributed by atoms with Gasteiger partial charge in [-0.25, -0.2) is 4.98 Å². The molecule has 3 aromatic carbocycles. The van der Waals surface area contributed by atoms with Crippen LogP contribution in [0, 0.1) is 0 Å². The summed E-state index contributed by atoms with van der Waals surface area (Å²) in [6.45, 7) is 0.821. The number of aromatic amines is 1. The van der Waals surface area contributed by atoms with Crippen LogP contribution in [0.1, 0.15) is 5.56 Å². The van der Waals surface area contributed by atoms with Gasteiger partial charge in [-0.3, -0.25) is 5.10 Å². The zero-order valence-electron chi connectivity index (χ0n) is 15.6. The third-order valence-electron chi connectivity index (χ3n) is 5.09. The first kappa shape index (κ1) is 16.5. The van der Waals surface area contributed by atoms with Gasteiger partial charge in [0.2, 0.25) is 0 Å². The molecule has 0 radical (unpaired) electrons. The molecule has 0 amide bonds. The molecule has 136 valence electrons. The number of anilines is 1. The van der Waals surface area contributed by atoms with Gasteiger partial charge in [0.25, 0.3) is 0 Å². The van der Waals surface area contributed by atoms with Gasteiger partial charge in [0.05, 0.1) is 28.6 Å². The van der Waals surface area contributed by atoms with Gasteiger partial charge in [-0.2, -0.15) is 5.10 Å². The molecule has 0 bridgehead atoms. The van der Waals surface area contributed by atoms with Crippen LogP contribution in [0.5, 0.6) is 0 Å². The van der Waals surface area contributed by atoms with Crippen molar-refractivity contribution in [1.82, 2.24) is 15.2 Å². The van der Waals surface area contributed by atoms with Crippen LogP contribution in [0.3, 0.4) is 0 Å². The highest BCUT2D eigenvalue weighted by molar-refractivity contribution is 5.92. The van der Waals surface area contributed by atoms with E-state index in [4.69, 9.17) is 4.98 Å². The van der Waals surface area contributed by atoms with E-state index in [1.165, 1.54) is 5.56 Å². The number of rotatable bonds is 4. The largest absolute Gasteiger partial charge is 0.368 e. The first-order valence-electron chi connectivity index (χ1n) is 9.36. The fourth-order valence-corrected chi connectivity index (χ4v) is 3.64. The van der Waals surface area contributed by atoms with E-state index in [1.54, 1.807) is 0 Å². The summed E-state index contributed by atoms with van der Waals surface area (Å²) in [4.78, 5) is 7.29. The summed E-state index contributed by atoms with van der Waals surface area (Å²) in [7, 11) is 2.12. The Kier molecular flexibility index (Phi) is 4.02. The highest BCUT2D eigenvalue weighted by atomic mass is 15.1. The second kappa shape index (κ2) is 6.82. The molecule has 0 fully saturated rings. The van der Waals surface area contributed by atoms with Crippen molar-refractivity contribution in [2.45, 2.75) is 6.54 Å². The molecule has 5 rings (SSSR count). The average Bonchev–Trinajstić information content (AvgIpc) is 3.21. The molecule has 0 aliphatic carbocycles. The number of nitrogens with one attached hydrogen (secondary N) is 1. The van der Waals surface area contributed by atoms with E-state index >= 15 is 0 Å². The van der Waals surface area contributed by atoms with E-state index in [1.807, 2.05) is 18.3 Å². The van der Waals surface area contributed by atoms with Crippen LogP contribution >= 0.6 is 0 Å². The fourth-order valence-electron chi connectivity index (χ4n) is 3.64. The molecule has 0 atom stereocenters. The molecule has 0 saturated carbocycles. The summed E-state index contributed by atoms with van der Waals surface area (Å²) in [6, 6.07) is 27.3. The number of nitrogens with zero attached hydrogens (tertiary/aromatic N) is 3. The molecular weight excluding hydrogens is 344 g/mol. The van der Waals surface area contributed by atoms with Crippen molar-refractivity contribution in [3.05, 3.63) is 90.6 Å². The Balaban J connectivity index is 1.66. The number of hydrogen-bond donors (Lipinski definition) is 1. The minimum atomic E-state index is 0.821. The van der Waals surface area contributed by atoms with Crippen molar-refractivity contribution in [2.75, 3.05) is 11.9 Å². The van der Waals surface area contributed by atoms with Crippen LogP contribution in [0.25, 0.3) is 33.1 Å². The van der Waals surface area contributed by atoms with Gasteiger partial charge in [-0.1, -0.05) is 54.6 Å². The Morgan fingerprint density at radius 2 is 1.68 bits per heavy atom. The SMILES string of the molecule is CN(Cc1ccccc1)c1cc2ccccc2nc1-c1ccc2[nH]ncc2c1. The Hall–Kier alpha value is -3.66. The monoisotopic (exact) mass is 364 g/mol. The summed E-state index contributed by atoms with van der Waals surface area (Å²) >= 11 is 0. The van der Waals surface area contributed by atoms with E-state index in [2.05, 4.69) is 88.9 Å². The number of H-pyrrole nitrogens is 1. The highest BCUT2D eigenvalue weighted by Crippen LogP contribution is 2.33. The smallest absolute Gasteiger partial charge is 0.0943 e.